The maximum Gasteiger partial charge on any atom is 0.307 e. The number of carbonyl (C=O) groups is 1. The molecule has 0 aromatic heterocycles. The zero-order chi connectivity index (χ0) is 12.1. The number of rotatable bonds is 2. The second-order valence-electron chi connectivity index (χ2n) is 4.82. The number of phenolic OH excluding ortho intramolecular Hbond substituents is 1. The number of hydrogen-bond donors (Lipinski definition) is 2. The molecule has 1 fully saturated rings. The molecule has 2 atom stereocenters. The highest BCUT2D eigenvalue weighted by Crippen LogP contribution is 2.65. The zero-order valence-corrected chi connectivity index (χ0v) is 10.7. The maximum absolute atomic E-state index is 11.1. The molecule has 0 radical (unpaired) electrons. The number of aliphatic carboxylic acids is 1. The van der Waals surface area contributed by atoms with Gasteiger partial charge in [0.1, 0.15) is 5.75 Å². The molecule has 0 heterocycles. The Kier molecular flexibility index (Phi) is 2.49. The van der Waals surface area contributed by atoms with Gasteiger partial charge >= 0.3 is 5.97 Å². The van der Waals surface area contributed by atoms with E-state index in [4.69, 9.17) is 5.11 Å². The van der Waals surface area contributed by atoms with Crippen LogP contribution in [-0.2, 0) is 4.79 Å². The van der Waals surface area contributed by atoms with Gasteiger partial charge < -0.3 is 10.2 Å². The molecule has 2 rings (SSSR count). The van der Waals surface area contributed by atoms with Crippen LogP contribution in [0.15, 0.2) is 22.7 Å². The van der Waals surface area contributed by atoms with Crippen LogP contribution in [0.2, 0.25) is 0 Å². The van der Waals surface area contributed by atoms with Gasteiger partial charge in [-0.15, -0.1) is 0 Å². The summed E-state index contributed by atoms with van der Waals surface area (Å²) in [5, 5.41) is 18.5. The van der Waals surface area contributed by atoms with E-state index >= 15 is 0 Å². The number of carboxylic acids is 1. The number of hydrogen-bond acceptors (Lipinski definition) is 2. The molecule has 0 spiro atoms. The Bertz CT molecular complexity index is 454. The first-order chi connectivity index (χ1) is 7.35. The van der Waals surface area contributed by atoms with Crippen LogP contribution in [0.3, 0.4) is 0 Å². The molecule has 16 heavy (non-hydrogen) atoms. The lowest BCUT2D eigenvalue weighted by Crippen LogP contribution is -2.03. The molecule has 2 N–H and O–H groups in total. The minimum atomic E-state index is -0.773. The summed E-state index contributed by atoms with van der Waals surface area (Å²) in [6, 6.07) is 4.97. The molecular formula is C12H13BrO3. The zero-order valence-electron chi connectivity index (χ0n) is 9.07. The van der Waals surface area contributed by atoms with Crippen LogP contribution in [0.5, 0.6) is 5.75 Å². The molecule has 0 unspecified atom stereocenters. The van der Waals surface area contributed by atoms with Crippen molar-refractivity contribution in [3.8, 4) is 5.75 Å². The van der Waals surface area contributed by atoms with Crippen LogP contribution >= 0.6 is 15.9 Å². The quantitative estimate of drug-likeness (QED) is 0.878. The predicted molar refractivity (Wildman–Crippen MR) is 63.5 cm³/mol. The summed E-state index contributed by atoms with van der Waals surface area (Å²) in [6.07, 6.45) is 0. The second-order valence-corrected chi connectivity index (χ2v) is 5.68. The highest BCUT2D eigenvalue weighted by atomic mass is 79.9. The first kappa shape index (κ1) is 11.5. The molecule has 0 bridgehead atoms. The maximum atomic E-state index is 11.1. The molecular weight excluding hydrogens is 272 g/mol. The van der Waals surface area contributed by atoms with E-state index in [1.807, 2.05) is 13.8 Å². The third-order valence-electron chi connectivity index (χ3n) is 3.41. The largest absolute Gasteiger partial charge is 0.508 e. The fourth-order valence-corrected chi connectivity index (χ4v) is 2.94. The summed E-state index contributed by atoms with van der Waals surface area (Å²) in [6.45, 7) is 3.87. The lowest BCUT2D eigenvalue weighted by molar-refractivity contribution is -0.139. The third-order valence-corrected chi connectivity index (χ3v) is 4.13. The number of phenols is 1. The van der Waals surface area contributed by atoms with Crippen LogP contribution in [0.1, 0.15) is 25.3 Å². The van der Waals surface area contributed by atoms with Gasteiger partial charge in [-0.25, -0.2) is 0 Å². The van der Waals surface area contributed by atoms with Crippen LogP contribution in [0.4, 0.5) is 0 Å². The molecule has 0 amide bonds. The first-order valence-electron chi connectivity index (χ1n) is 5.07. The summed E-state index contributed by atoms with van der Waals surface area (Å²) in [5.74, 6) is -1.01. The van der Waals surface area contributed by atoms with Gasteiger partial charge in [-0.2, -0.15) is 0 Å². The van der Waals surface area contributed by atoms with E-state index in [9.17, 15) is 9.90 Å². The van der Waals surface area contributed by atoms with Gasteiger partial charge in [-0.3, -0.25) is 4.79 Å². The molecule has 1 aromatic carbocycles. The van der Waals surface area contributed by atoms with E-state index < -0.39 is 5.97 Å². The van der Waals surface area contributed by atoms with Gasteiger partial charge in [0, 0.05) is 10.4 Å². The smallest absolute Gasteiger partial charge is 0.307 e. The summed E-state index contributed by atoms with van der Waals surface area (Å²) in [4.78, 5) is 11.1. The summed E-state index contributed by atoms with van der Waals surface area (Å²) in [7, 11) is 0. The summed E-state index contributed by atoms with van der Waals surface area (Å²) in [5.41, 5.74) is 0.625. The van der Waals surface area contributed by atoms with Gasteiger partial charge in [0.15, 0.2) is 0 Å². The molecule has 1 saturated carbocycles. The third kappa shape index (κ3) is 1.61. The number of aromatic hydroxyl groups is 1. The SMILES string of the molecule is CC1(C)[C@H](C(=O)O)[C@H]1c1cc(O)ccc1Br. The van der Waals surface area contributed by atoms with Crippen molar-refractivity contribution in [2.45, 2.75) is 19.8 Å². The minimum absolute atomic E-state index is 0.0357. The Morgan fingerprint density at radius 2 is 2.06 bits per heavy atom. The van der Waals surface area contributed by atoms with Gasteiger partial charge in [-0.1, -0.05) is 29.8 Å². The van der Waals surface area contributed by atoms with E-state index in [1.165, 1.54) is 0 Å². The fraction of sp³-hybridized carbons (Fsp3) is 0.417. The Labute approximate surface area is 102 Å². The normalized spacial score (nSPS) is 26.4. The Hall–Kier alpha value is -1.03. The highest BCUT2D eigenvalue weighted by molar-refractivity contribution is 9.10. The monoisotopic (exact) mass is 284 g/mol. The van der Waals surface area contributed by atoms with Crippen LogP contribution in [0, 0.1) is 11.3 Å². The minimum Gasteiger partial charge on any atom is -0.508 e. The second kappa shape index (κ2) is 3.48. The molecule has 86 valence electrons. The number of halogens is 1. The highest BCUT2D eigenvalue weighted by Gasteiger charge is 2.63. The summed E-state index contributed by atoms with van der Waals surface area (Å²) < 4.78 is 0.854. The first-order valence-corrected chi connectivity index (χ1v) is 5.86. The molecule has 3 nitrogen and oxygen atoms in total. The lowest BCUT2D eigenvalue weighted by atomic mass is 10.0. The van der Waals surface area contributed by atoms with Gasteiger partial charge in [0.25, 0.3) is 0 Å². The van der Waals surface area contributed by atoms with Crippen molar-refractivity contribution in [2.24, 2.45) is 11.3 Å². The fourth-order valence-electron chi connectivity index (χ4n) is 2.45. The average molecular weight is 285 g/mol. The molecule has 0 saturated heterocycles. The van der Waals surface area contributed by atoms with Crippen molar-refractivity contribution in [3.05, 3.63) is 28.2 Å². The number of carboxylic acid groups (broad SMARTS) is 1. The van der Waals surface area contributed by atoms with Gasteiger partial charge in [-0.05, 0) is 29.2 Å². The van der Waals surface area contributed by atoms with E-state index in [0.717, 1.165) is 10.0 Å². The summed E-state index contributed by atoms with van der Waals surface area (Å²) >= 11 is 3.40. The van der Waals surface area contributed by atoms with Crippen molar-refractivity contribution in [3.63, 3.8) is 0 Å². The standard InChI is InChI=1S/C12H13BrO3/c1-12(2)9(10(12)11(15)16)7-5-6(14)3-4-8(7)13/h3-5,9-10,14H,1-2H3,(H,15,16)/t9-,10+/m1/s1. The molecule has 4 heteroatoms. The van der Waals surface area contributed by atoms with Crippen molar-refractivity contribution >= 4 is 21.9 Å². The van der Waals surface area contributed by atoms with Crippen molar-refractivity contribution in [1.82, 2.24) is 0 Å². The Morgan fingerprint density at radius 3 is 2.56 bits per heavy atom. The van der Waals surface area contributed by atoms with E-state index in [-0.39, 0.29) is 23.0 Å². The van der Waals surface area contributed by atoms with Crippen molar-refractivity contribution < 1.29 is 15.0 Å². The van der Waals surface area contributed by atoms with Crippen LogP contribution in [-0.4, -0.2) is 16.2 Å². The molecule has 1 aliphatic rings. The van der Waals surface area contributed by atoms with E-state index in [1.54, 1.807) is 18.2 Å². The van der Waals surface area contributed by atoms with Gasteiger partial charge in [0.2, 0.25) is 0 Å². The predicted octanol–water partition coefficient (Wildman–Crippen LogP) is 2.98. The van der Waals surface area contributed by atoms with Crippen LogP contribution in [0.25, 0.3) is 0 Å². The topological polar surface area (TPSA) is 57.5 Å². The average Bonchev–Trinajstić information content (AvgIpc) is 2.73. The lowest BCUT2D eigenvalue weighted by Gasteiger charge is -2.06. The molecule has 0 aliphatic heterocycles. The Morgan fingerprint density at radius 1 is 1.44 bits per heavy atom. The van der Waals surface area contributed by atoms with Gasteiger partial charge in [0.05, 0.1) is 5.92 Å². The Balaban J connectivity index is 2.40. The van der Waals surface area contributed by atoms with Crippen LogP contribution < -0.4 is 0 Å². The molecule has 1 aromatic rings. The number of benzene rings is 1. The van der Waals surface area contributed by atoms with E-state index in [2.05, 4.69) is 15.9 Å². The molecule has 1 aliphatic carbocycles. The van der Waals surface area contributed by atoms with E-state index in [0.29, 0.717) is 0 Å². The van der Waals surface area contributed by atoms with Crippen molar-refractivity contribution in [2.75, 3.05) is 0 Å². The van der Waals surface area contributed by atoms with Crippen molar-refractivity contribution in [1.29, 1.82) is 0 Å².